The number of hydrogen-bond donors (Lipinski definition) is 0. The lowest BCUT2D eigenvalue weighted by Crippen LogP contribution is -2.19. The van der Waals surface area contributed by atoms with Gasteiger partial charge in [0.2, 0.25) is 0 Å². The van der Waals surface area contributed by atoms with Crippen molar-refractivity contribution in [3.63, 3.8) is 0 Å². The van der Waals surface area contributed by atoms with Crippen LogP contribution in [0.1, 0.15) is 35.3 Å². The Morgan fingerprint density at radius 1 is 0.962 bits per heavy atom. The lowest BCUT2D eigenvalue weighted by atomic mass is 10.1. The molecule has 0 fully saturated rings. The van der Waals surface area contributed by atoms with Crippen LogP contribution < -0.4 is 4.90 Å². The summed E-state index contributed by atoms with van der Waals surface area (Å²) in [6.45, 7) is 4.87. The van der Waals surface area contributed by atoms with Crippen molar-refractivity contribution in [2.45, 2.75) is 26.8 Å². The molecule has 5 nitrogen and oxygen atoms in total. The molecule has 26 heavy (non-hydrogen) atoms. The quantitative estimate of drug-likeness (QED) is 0.677. The van der Waals surface area contributed by atoms with Crippen LogP contribution in [-0.4, -0.2) is 32.2 Å². The molecule has 0 aromatic heterocycles. The van der Waals surface area contributed by atoms with E-state index >= 15 is 0 Å². The third-order valence-electron chi connectivity index (χ3n) is 3.93. The van der Waals surface area contributed by atoms with E-state index in [9.17, 15) is 9.59 Å². The molecule has 0 N–H and O–H groups in total. The van der Waals surface area contributed by atoms with E-state index in [0.717, 1.165) is 16.8 Å². The van der Waals surface area contributed by atoms with E-state index in [1.165, 1.54) is 0 Å². The maximum absolute atomic E-state index is 12.1. The minimum atomic E-state index is -0.312. The molecule has 0 saturated carbocycles. The number of esters is 2. The second-order valence-corrected chi connectivity index (χ2v) is 5.89. The van der Waals surface area contributed by atoms with Gasteiger partial charge >= 0.3 is 11.9 Å². The number of anilines is 1. The zero-order valence-electron chi connectivity index (χ0n) is 15.5. The van der Waals surface area contributed by atoms with Crippen LogP contribution >= 0.6 is 0 Å². The molecular weight excluding hydrogens is 330 g/mol. The Kier molecular flexibility index (Phi) is 7.21. The number of ether oxygens (including phenoxy) is 2. The highest BCUT2D eigenvalue weighted by atomic mass is 16.5. The Labute approximate surface area is 154 Å². The minimum absolute atomic E-state index is 0.236. The fourth-order valence-electron chi connectivity index (χ4n) is 2.70. The maximum Gasteiger partial charge on any atom is 0.338 e. The molecule has 0 heterocycles. The average Bonchev–Trinajstić information content (AvgIpc) is 2.62. The van der Waals surface area contributed by atoms with Crippen molar-refractivity contribution < 1.29 is 19.1 Å². The lowest BCUT2D eigenvalue weighted by molar-refractivity contribution is -0.142. The van der Waals surface area contributed by atoms with Crippen LogP contribution in [0.25, 0.3) is 0 Å². The summed E-state index contributed by atoms with van der Waals surface area (Å²) < 4.78 is 10.1. The highest BCUT2D eigenvalue weighted by Crippen LogP contribution is 2.20. The molecule has 2 aromatic carbocycles. The Bertz CT molecular complexity index is 757. The minimum Gasteiger partial charge on any atom is -0.466 e. The van der Waals surface area contributed by atoms with Gasteiger partial charge in [0.05, 0.1) is 25.2 Å². The molecule has 0 spiro atoms. The van der Waals surface area contributed by atoms with Crippen molar-refractivity contribution in [3.8, 4) is 0 Å². The maximum atomic E-state index is 12.1. The first-order valence-corrected chi connectivity index (χ1v) is 8.75. The average molecular weight is 355 g/mol. The van der Waals surface area contributed by atoms with Gasteiger partial charge in [0.25, 0.3) is 0 Å². The fourth-order valence-corrected chi connectivity index (χ4v) is 2.70. The van der Waals surface area contributed by atoms with Crippen LogP contribution in [0.2, 0.25) is 0 Å². The van der Waals surface area contributed by atoms with Gasteiger partial charge in [0.1, 0.15) is 0 Å². The molecule has 5 heteroatoms. The molecule has 0 saturated heterocycles. The van der Waals surface area contributed by atoms with Crippen LogP contribution in [-0.2, 0) is 27.2 Å². The molecule has 2 aromatic rings. The van der Waals surface area contributed by atoms with Crippen LogP contribution in [0, 0.1) is 0 Å². The predicted molar refractivity (Wildman–Crippen MR) is 101 cm³/mol. The molecule has 0 radical (unpaired) electrons. The Morgan fingerprint density at radius 2 is 1.69 bits per heavy atom. The van der Waals surface area contributed by atoms with Gasteiger partial charge in [-0.15, -0.1) is 0 Å². The topological polar surface area (TPSA) is 55.8 Å². The molecule has 138 valence electrons. The SMILES string of the molecule is CCOC(=O)Cc1cccc(N(C)Cc2ccccc2C(=O)OCC)c1. The van der Waals surface area contributed by atoms with Crippen molar-refractivity contribution in [2.75, 3.05) is 25.2 Å². The summed E-state index contributed by atoms with van der Waals surface area (Å²) in [5.41, 5.74) is 3.32. The molecule has 0 aliphatic rings. The molecule has 2 rings (SSSR count). The highest BCUT2D eigenvalue weighted by molar-refractivity contribution is 5.91. The first kappa shape index (κ1) is 19.5. The smallest absolute Gasteiger partial charge is 0.338 e. The van der Waals surface area contributed by atoms with Gasteiger partial charge in [0.15, 0.2) is 0 Å². The summed E-state index contributed by atoms with van der Waals surface area (Å²) in [5.74, 6) is -0.549. The molecule has 0 amide bonds. The van der Waals surface area contributed by atoms with E-state index in [2.05, 4.69) is 0 Å². The van der Waals surface area contributed by atoms with Crippen LogP contribution in [0.4, 0.5) is 5.69 Å². The van der Waals surface area contributed by atoms with Crippen LogP contribution in [0.5, 0.6) is 0 Å². The molecule has 0 aliphatic carbocycles. The fraction of sp³-hybridized carbons (Fsp3) is 0.333. The number of hydrogen-bond acceptors (Lipinski definition) is 5. The van der Waals surface area contributed by atoms with Gasteiger partial charge in [-0.25, -0.2) is 4.79 Å². The molecule has 0 bridgehead atoms. The van der Waals surface area contributed by atoms with Gasteiger partial charge < -0.3 is 14.4 Å². The second-order valence-electron chi connectivity index (χ2n) is 5.89. The van der Waals surface area contributed by atoms with E-state index in [-0.39, 0.29) is 18.4 Å². The third kappa shape index (κ3) is 5.34. The first-order valence-electron chi connectivity index (χ1n) is 8.75. The Morgan fingerprint density at radius 3 is 2.42 bits per heavy atom. The Balaban J connectivity index is 2.14. The van der Waals surface area contributed by atoms with Gasteiger partial charge in [-0.05, 0) is 43.2 Å². The predicted octanol–water partition coefficient (Wildman–Crippen LogP) is 3.61. The number of rotatable bonds is 8. The molecule has 0 unspecified atom stereocenters. The van der Waals surface area contributed by atoms with E-state index < -0.39 is 0 Å². The Hall–Kier alpha value is -2.82. The normalized spacial score (nSPS) is 10.3. The zero-order chi connectivity index (χ0) is 18.9. The zero-order valence-corrected chi connectivity index (χ0v) is 15.5. The summed E-state index contributed by atoms with van der Waals surface area (Å²) in [6.07, 6.45) is 0.245. The van der Waals surface area contributed by atoms with Crippen molar-refractivity contribution in [1.29, 1.82) is 0 Å². The van der Waals surface area contributed by atoms with E-state index in [1.807, 2.05) is 54.4 Å². The largest absolute Gasteiger partial charge is 0.466 e. The summed E-state index contributed by atoms with van der Waals surface area (Å²) >= 11 is 0. The van der Waals surface area contributed by atoms with Crippen LogP contribution in [0.3, 0.4) is 0 Å². The summed E-state index contributed by atoms with van der Waals surface area (Å²) in [4.78, 5) is 25.8. The number of carbonyl (C=O) groups excluding carboxylic acids is 2. The molecular formula is C21H25NO4. The number of nitrogens with zero attached hydrogens (tertiary/aromatic N) is 1. The number of benzene rings is 2. The standard InChI is InChI=1S/C21H25NO4/c1-4-25-20(23)14-16-9-8-11-18(13-16)22(3)15-17-10-6-7-12-19(17)21(24)26-5-2/h6-13H,4-5,14-15H2,1-3H3. The van der Waals surface area contributed by atoms with Gasteiger partial charge in [-0.2, -0.15) is 0 Å². The summed E-state index contributed by atoms with van der Waals surface area (Å²) in [6, 6.07) is 15.2. The summed E-state index contributed by atoms with van der Waals surface area (Å²) in [5, 5.41) is 0. The van der Waals surface area contributed by atoms with E-state index in [4.69, 9.17) is 9.47 Å². The van der Waals surface area contributed by atoms with Gasteiger partial charge in [-0.3, -0.25) is 4.79 Å². The number of carbonyl (C=O) groups is 2. The molecule has 0 aliphatic heterocycles. The van der Waals surface area contributed by atoms with Gasteiger partial charge in [0, 0.05) is 19.3 Å². The van der Waals surface area contributed by atoms with E-state index in [0.29, 0.717) is 25.3 Å². The first-order chi connectivity index (χ1) is 12.5. The van der Waals surface area contributed by atoms with Crippen molar-refractivity contribution in [2.24, 2.45) is 0 Å². The lowest BCUT2D eigenvalue weighted by Gasteiger charge is -2.21. The van der Waals surface area contributed by atoms with E-state index in [1.54, 1.807) is 19.9 Å². The summed E-state index contributed by atoms with van der Waals surface area (Å²) in [7, 11) is 1.95. The van der Waals surface area contributed by atoms with Crippen molar-refractivity contribution >= 4 is 17.6 Å². The molecule has 0 atom stereocenters. The second kappa shape index (κ2) is 9.61. The van der Waals surface area contributed by atoms with Crippen molar-refractivity contribution in [3.05, 3.63) is 65.2 Å². The van der Waals surface area contributed by atoms with Crippen molar-refractivity contribution in [1.82, 2.24) is 0 Å². The highest BCUT2D eigenvalue weighted by Gasteiger charge is 2.14. The third-order valence-corrected chi connectivity index (χ3v) is 3.93. The van der Waals surface area contributed by atoms with Gasteiger partial charge in [-0.1, -0.05) is 30.3 Å². The van der Waals surface area contributed by atoms with Crippen LogP contribution in [0.15, 0.2) is 48.5 Å². The monoisotopic (exact) mass is 355 g/mol.